The van der Waals surface area contributed by atoms with Gasteiger partial charge in [0.2, 0.25) is 0 Å². The smallest absolute Gasteiger partial charge is 0.352 e. The summed E-state index contributed by atoms with van der Waals surface area (Å²) < 4.78 is 21.0. The molecule has 0 aromatic heterocycles. The Morgan fingerprint density at radius 2 is 1.52 bits per heavy atom. The molecule has 0 amide bonds. The van der Waals surface area contributed by atoms with Crippen molar-refractivity contribution in [1.82, 2.24) is 0 Å². The lowest BCUT2D eigenvalue weighted by Gasteiger charge is -2.14. The Bertz CT molecular complexity index is 554. The molecule has 1 atom stereocenters. The van der Waals surface area contributed by atoms with Crippen molar-refractivity contribution in [1.29, 1.82) is 0 Å². The summed E-state index contributed by atoms with van der Waals surface area (Å²) in [4.78, 5) is 23.4. The molecule has 0 heterocycles. The molecule has 1 unspecified atom stereocenters. The van der Waals surface area contributed by atoms with E-state index < -0.39 is 18.0 Å². The van der Waals surface area contributed by atoms with Crippen LogP contribution in [0.2, 0.25) is 0 Å². The average Bonchev–Trinajstić information content (AvgIpc) is 2.47. The van der Waals surface area contributed by atoms with Gasteiger partial charge in [-0.1, -0.05) is 6.58 Å². The Kier molecular flexibility index (Phi) is 7.12. The first kappa shape index (κ1) is 18.5. The van der Waals surface area contributed by atoms with Crippen molar-refractivity contribution in [2.45, 2.75) is 33.8 Å². The Balaban J connectivity index is 2.83. The molecule has 23 heavy (non-hydrogen) atoms. The van der Waals surface area contributed by atoms with Crippen molar-refractivity contribution in [2.75, 3.05) is 13.2 Å². The molecule has 6 heteroatoms. The van der Waals surface area contributed by atoms with Gasteiger partial charge in [0.25, 0.3) is 0 Å². The minimum absolute atomic E-state index is 0.210. The lowest BCUT2D eigenvalue weighted by atomic mass is 10.3. The van der Waals surface area contributed by atoms with Crippen molar-refractivity contribution in [3.63, 3.8) is 0 Å². The van der Waals surface area contributed by atoms with Crippen molar-refractivity contribution in [3.05, 3.63) is 30.4 Å². The first-order valence-electron chi connectivity index (χ1n) is 7.36. The van der Waals surface area contributed by atoms with Gasteiger partial charge in [0.15, 0.2) is 6.10 Å². The Hall–Kier alpha value is -2.50. The number of rotatable bonds is 8. The van der Waals surface area contributed by atoms with Crippen LogP contribution in [0.25, 0.3) is 0 Å². The second-order valence-corrected chi connectivity index (χ2v) is 4.76. The Morgan fingerprint density at radius 3 is 1.96 bits per heavy atom. The average molecular weight is 322 g/mol. The maximum Gasteiger partial charge on any atom is 0.352 e. The van der Waals surface area contributed by atoms with Crippen molar-refractivity contribution in [3.8, 4) is 17.2 Å². The molecule has 126 valence electrons. The topological polar surface area (TPSA) is 71.1 Å². The van der Waals surface area contributed by atoms with Crippen LogP contribution in [0, 0.1) is 0 Å². The lowest BCUT2D eigenvalue weighted by molar-refractivity contribution is -0.158. The van der Waals surface area contributed by atoms with Crippen LogP contribution in [-0.4, -0.2) is 31.3 Å². The van der Waals surface area contributed by atoms with Gasteiger partial charge in [0, 0.05) is 23.8 Å². The van der Waals surface area contributed by atoms with Gasteiger partial charge in [-0.25, -0.2) is 9.59 Å². The molecule has 0 saturated heterocycles. The summed E-state index contributed by atoms with van der Waals surface area (Å²) in [5, 5.41) is 0. The van der Waals surface area contributed by atoms with Gasteiger partial charge >= 0.3 is 11.9 Å². The van der Waals surface area contributed by atoms with Crippen LogP contribution in [0.4, 0.5) is 0 Å². The fraction of sp³-hybridized carbons (Fsp3) is 0.412. The third-order valence-electron chi connectivity index (χ3n) is 2.66. The molecule has 6 nitrogen and oxygen atoms in total. The summed E-state index contributed by atoms with van der Waals surface area (Å²) in [6.07, 6.45) is -1.05. The second-order valence-electron chi connectivity index (χ2n) is 4.76. The number of hydrogen-bond acceptors (Lipinski definition) is 6. The lowest BCUT2D eigenvalue weighted by Crippen LogP contribution is -2.28. The van der Waals surface area contributed by atoms with E-state index >= 15 is 0 Å². The van der Waals surface area contributed by atoms with Crippen LogP contribution in [0.5, 0.6) is 17.2 Å². The highest BCUT2D eigenvalue weighted by Crippen LogP contribution is 2.28. The third kappa shape index (κ3) is 6.02. The van der Waals surface area contributed by atoms with E-state index in [4.69, 9.17) is 18.9 Å². The molecule has 0 aliphatic rings. The largest absolute Gasteiger partial charge is 0.494 e. The van der Waals surface area contributed by atoms with Crippen LogP contribution >= 0.6 is 0 Å². The van der Waals surface area contributed by atoms with Crippen molar-refractivity contribution in [2.24, 2.45) is 0 Å². The molecule has 0 N–H and O–H groups in total. The van der Waals surface area contributed by atoms with Gasteiger partial charge < -0.3 is 18.9 Å². The van der Waals surface area contributed by atoms with Crippen molar-refractivity contribution >= 4 is 11.9 Å². The molecule has 1 aromatic carbocycles. The molecular weight excluding hydrogens is 300 g/mol. The predicted molar refractivity (Wildman–Crippen MR) is 84.8 cm³/mol. The summed E-state index contributed by atoms with van der Waals surface area (Å²) in [5.74, 6) is -0.0495. The molecule has 0 spiro atoms. The molecular formula is C17H22O6. The number of carbonyl (C=O) groups excluding carboxylic acids is 2. The molecule has 1 rings (SSSR count). The standard InChI is InChI=1S/C17H22O6/c1-6-20-13-8-14(21-7-2)10-15(9-13)23-17(19)12(5)22-16(18)11(3)4/h8-10,12H,3,6-7H2,1-2,4-5H3. The number of hydrogen-bond donors (Lipinski definition) is 0. The maximum atomic E-state index is 12.0. The van der Waals surface area contributed by atoms with Crippen LogP contribution < -0.4 is 14.2 Å². The normalized spacial score (nSPS) is 11.3. The fourth-order valence-electron chi connectivity index (χ4n) is 1.61. The van der Waals surface area contributed by atoms with E-state index in [1.807, 2.05) is 13.8 Å². The van der Waals surface area contributed by atoms with Crippen LogP contribution in [0.3, 0.4) is 0 Å². The van der Waals surface area contributed by atoms with E-state index in [0.29, 0.717) is 24.7 Å². The van der Waals surface area contributed by atoms with Crippen LogP contribution in [0.1, 0.15) is 27.7 Å². The van der Waals surface area contributed by atoms with Crippen LogP contribution in [-0.2, 0) is 14.3 Å². The van der Waals surface area contributed by atoms with Crippen molar-refractivity contribution < 1.29 is 28.5 Å². The Morgan fingerprint density at radius 1 is 1.04 bits per heavy atom. The zero-order chi connectivity index (χ0) is 17.4. The summed E-state index contributed by atoms with van der Waals surface area (Å²) in [6.45, 7) is 11.0. The van der Waals surface area contributed by atoms with Gasteiger partial charge in [-0.3, -0.25) is 0 Å². The minimum atomic E-state index is -1.05. The molecule has 0 radical (unpaired) electrons. The molecule has 1 aromatic rings. The predicted octanol–water partition coefficient (Wildman–Crippen LogP) is 2.90. The highest BCUT2D eigenvalue weighted by molar-refractivity contribution is 5.89. The molecule has 0 saturated carbocycles. The minimum Gasteiger partial charge on any atom is -0.494 e. The van der Waals surface area contributed by atoms with E-state index in [0.717, 1.165) is 0 Å². The fourth-order valence-corrected chi connectivity index (χ4v) is 1.61. The van der Waals surface area contributed by atoms with E-state index in [-0.39, 0.29) is 11.3 Å². The second kappa shape index (κ2) is 8.82. The van der Waals surface area contributed by atoms with Crippen LogP contribution in [0.15, 0.2) is 30.4 Å². The highest BCUT2D eigenvalue weighted by Gasteiger charge is 2.21. The van der Waals surface area contributed by atoms with Gasteiger partial charge in [-0.05, 0) is 27.7 Å². The van der Waals surface area contributed by atoms with Gasteiger partial charge in [-0.2, -0.15) is 0 Å². The number of carbonyl (C=O) groups is 2. The molecule has 0 aliphatic carbocycles. The number of esters is 2. The summed E-state index contributed by atoms with van der Waals surface area (Å²) in [5.41, 5.74) is 0.210. The summed E-state index contributed by atoms with van der Waals surface area (Å²) >= 11 is 0. The van der Waals surface area contributed by atoms with Gasteiger partial charge in [-0.15, -0.1) is 0 Å². The van der Waals surface area contributed by atoms with Gasteiger partial charge in [0.1, 0.15) is 17.2 Å². The quantitative estimate of drug-likeness (QED) is 0.416. The third-order valence-corrected chi connectivity index (χ3v) is 2.66. The molecule has 0 bridgehead atoms. The van der Waals surface area contributed by atoms with E-state index in [2.05, 4.69) is 6.58 Å². The summed E-state index contributed by atoms with van der Waals surface area (Å²) in [7, 11) is 0. The van der Waals surface area contributed by atoms with E-state index in [1.54, 1.807) is 18.2 Å². The van der Waals surface area contributed by atoms with E-state index in [9.17, 15) is 9.59 Å². The first-order chi connectivity index (χ1) is 10.9. The highest BCUT2D eigenvalue weighted by atomic mass is 16.6. The zero-order valence-electron chi connectivity index (χ0n) is 13.9. The Labute approximate surface area is 136 Å². The zero-order valence-corrected chi connectivity index (χ0v) is 13.9. The van der Waals surface area contributed by atoms with E-state index in [1.165, 1.54) is 13.8 Å². The first-order valence-corrected chi connectivity index (χ1v) is 7.36. The number of benzene rings is 1. The monoisotopic (exact) mass is 322 g/mol. The molecule has 0 fully saturated rings. The summed E-state index contributed by atoms with van der Waals surface area (Å²) in [6, 6.07) is 4.84. The van der Waals surface area contributed by atoms with Gasteiger partial charge in [0.05, 0.1) is 13.2 Å². The molecule has 0 aliphatic heterocycles. The SMILES string of the molecule is C=C(C)C(=O)OC(C)C(=O)Oc1cc(OCC)cc(OCC)c1. The number of ether oxygens (including phenoxy) is 4. The maximum absolute atomic E-state index is 12.0.